The van der Waals surface area contributed by atoms with E-state index < -0.39 is 18.2 Å². The summed E-state index contributed by atoms with van der Waals surface area (Å²) in [6, 6.07) is -0.699. The highest BCUT2D eigenvalue weighted by atomic mass is 16.5. The molecular formula is C61H119NO5. The molecule has 0 aliphatic carbocycles. The summed E-state index contributed by atoms with van der Waals surface area (Å²) >= 11 is 0. The number of rotatable bonds is 56. The first kappa shape index (κ1) is 65.6. The van der Waals surface area contributed by atoms with Gasteiger partial charge >= 0.3 is 5.97 Å². The van der Waals surface area contributed by atoms with Gasteiger partial charge in [-0.25, -0.2) is 0 Å². The summed E-state index contributed by atoms with van der Waals surface area (Å²) in [5.41, 5.74) is 0. The van der Waals surface area contributed by atoms with Crippen molar-refractivity contribution in [3.8, 4) is 0 Å². The molecule has 3 atom stereocenters. The molecule has 3 unspecified atom stereocenters. The van der Waals surface area contributed by atoms with Crippen molar-refractivity contribution in [2.45, 2.75) is 360 Å². The summed E-state index contributed by atoms with van der Waals surface area (Å²) in [4.78, 5) is 26.3. The van der Waals surface area contributed by atoms with Crippen LogP contribution in [0.5, 0.6) is 0 Å². The Morgan fingerprint density at radius 3 is 1.06 bits per heavy atom. The fourth-order valence-electron chi connectivity index (χ4n) is 9.72. The molecule has 0 spiro atoms. The topological polar surface area (TPSA) is 95.9 Å². The van der Waals surface area contributed by atoms with Gasteiger partial charge in [0.15, 0.2) is 0 Å². The maximum Gasteiger partial charge on any atom is 0.306 e. The summed E-state index contributed by atoms with van der Waals surface area (Å²) in [7, 11) is 0. The molecule has 0 aliphatic rings. The van der Waals surface area contributed by atoms with E-state index in [1.807, 2.05) is 0 Å². The quantitative estimate of drug-likeness (QED) is 0.0321. The molecule has 398 valence electrons. The fraction of sp³-hybridized carbons (Fsp3) is 0.934. The van der Waals surface area contributed by atoms with Crippen LogP contribution >= 0.6 is 0 Å². The van der Waals surface area contributed by atoms with Crippen molar-refractivity contribution in [3.63, 3.8) is 0 Å². The van der Waals surface area contributed by atoms with Gasteiger partial charge in [0.05, 0.1) is 25.2 Å². The number of ether oxygens (including phenoxy) is 1. The van der Waals surface area contributed by atoms with Crippen molar-refractivity contribution in [3.05, 3.63) is 12.2 Å². The molecule has 3 N–H and O–H groups in total. The summed E-state index contributed by atoms with van der Waals surface area (Å²) in [6.07, 6.45) is 64.3. The SMILES string of the molecule is CCCCCCCC/C=C/CCCCCCCC(CC(=O)NC(CO)C(O)CCCCCCCCCCCCCCCC)OC(=O)CCCCCCCCCCCCCCCCCCCCC. The van der Waals surface area contributed by atoms with E-state index in [0.717, 1.165) is 57.8 Å². The van der Waals surface area contributed by atoms with E-state index >= 15 is 0 Å². The molecule has 1 amide bonds. The van der Waals surface area contributed by atoms with E-state index in [2.05, 4.69) is 38.2 Å². The second-order valence-corrected chi connectivity index (χ2v) is 21.1. The second-order valence-electron chi connectivity index (χ2n) is 21.1. The number of amides is 1. The Bertz CT molecular complexity index is 1020. The molecule has 0 aromatic carbocycles. The van der Waals surface area contributed by atoms with Crippen LogP contribution in [0.3, 0.4) is 0 Å². The lowest BCUT2D eigenvalue weighted by Gasteiger charge is -2.24. The van der Waals surface area contributed by atoms with Crippen LogP contribution in [-0.4, -0.2) is 46.9 Å². The number of carbonyl (C=O) groups excluding carboxylic acids is 2. The summed E-state index contributed by atoms with van der Waals surface area (Å²) in [6.45, 7) is 6.53. The predicted molar refractivity (Wildman–Crippen MR) is 292 cm³/mol. The largest absolute Gasteiger partial charge is 0.462 e. The number of aliphatic hydroxyl groups is 2. The van der Waals surface area contributed by atoms with Gasteiger partial charge in [-0.05, 0) is 51.4 Å². The van der Waals surface area contributed by atoms with Gasteiger partial charge < -0.3 is 20.3 Å². The minimum Gasteiger partial charge on any atom is -0.462 e. The molecule has 6 nitrogen and oxygen atoms in total. The Labute approximate surface area is 419 Å². The standard InChI is InChI=1S/C61H119NO5/c1-4-7-10-13-16-19-22-25-28-29-30-31-33-36-39-42-45-48-51-54-61(66)67-57(52-49-46-43-40-37-34-32-26-23-20-17-14-11-8-5-2)55-60(65)62-58(56-63)59(64)53-50-47-44-41-38-35-27-24-21-18-15-12-9-6-3/h26,32,57-59,63-64H,4-25,27-31,33-56H2,1-3H3,(H,62,65)/b32-26+. The van der Waals surface area contributed by atoms with Crippen molar-refractivity contribution >= 4 is 11.9 Å². The molecule has 6 heteroatoms. The second kappa shape index (κ2) is 55.5. The number of esters is 1. The highest BCUT2D eigenvalue weighted by molar-refractivity contribution is 5.77. The lowest BCUT2D eigenvalue weighted by atomic mass is 10.0. The number of carbonyl (C=O) groups is 2. The van der Waals surface area contributed by atoms with E-state index in [-0.39, 0.29) is 24.9 Å². The molecule has 0 saturated carbocycles. The normalized spacial score (nSPS) is 13.1. The molecular weight excluding hydrogens is 827 g/mol. The average molecular weight is 947 g/mol. The van der Waals surface area contributed by atoms with Crippen LogP contribution in [0.4, 0.5) is 0 Å². The molecule has 0 rings (SSSR count). The molecule has 0 saturated heterocycles. The van der Waals surface area contributed by atoms with Crippen molar-refractivity contribution in [1.29, 1.82) is 0 Å². The molecule has 0 aliphatic heterocycles. The van der Waals surface area contributed by atoms with Gasteiger partial charge in [0.25, 0.3) is 0 Å². The van der Waals surface area contributed by atoms with Crippen LogP contribution in [0.1, 0.15) is 342 Å². The van der Waals surface area contributed by atoms with Crippen molar-refractivity contribution in [2.75, 3.05) is 6.61 Å². The van der Waals surface area contributed by atoms with E-state index in [1.165, 1.54) is 238 Å². The lowest BCUT2D eigenvalue weighted by Crippen LogP contribution is -2.46. The van der Waals surface area contributed by atoms with E-state index in [0.29, 0.717) is 19.3 Å². The first-order valence-corrected chi connectivity index (χ1v) is 30.4. The van der Waals surface area contributed by atoms with Crippen molar-refractivity contribution in [1.82, 2.24) is 5.32 Å². The van der Waals surface area contributed by atoms with E-state index in [1.54, 1.807) is 0 Å². The van der Waals surface area contributed by atoms with Crippen LogP contribution in [0, 0.1) is 0 Å². The number of aliphatic hydroxyl groups excluding tert-OH is 2. The third-order valence-corrected chi connectivity index (χ3v) is 14.3. The molecule has 0 heterocycles. The summed E-state index contributed by atoms with van der Waals surface area (Å²) < 4.78 is 5.98. The zero-order chi connectivity index (χ0) is 48.8. The molecule has 0 bridgehead atoms. The van der Waals surface area contributed by atoms with Crippen LogP contribution in [-0.2, 0) is 14.3 Å². The smallest absolute Gasteiger partial charge is 0.306 e. The van der Waals surface area contributed by atoms with Crippen LogP contribution < -0.4 is 5.32 Å². The van der Waals surface area contributed by atoms with Crippen LogP contribution in [0.15, 0.2) is 12.2 Å². The third-order valence-electron chi connectivity index (χ3n) is 14.3. The number of hydrogen-bond donors (Lipinski definition) is 3. The minimum atomic E-state index is -0.785. The van der Waals surface area contributed by atoms with Gasteiger partial charge in [-0.3, -0.25) is 9.59 Å². The fourth-order valence-corrected chi connectivity index (χ4v) is 9.72. The zero-order valence-electron chi connectivity index (χ0n) is 45.6. The van der Waals surface area contributed by atoms with Gasteiger partial charge in [0.1, 0.15) is 6.10 Å². The monoisotopic (exact) mass is 946 g/mol. The maximum atomic E-state index is 13.3. The first-order chi connectivity index (χ1) is 33.0. The zero-order valence-corrected chi connectivity index (χ0v) is 45.6. The summed E-state index contributed by atoms with van der Waals surface area (Å²) in [5, 5.41) is 23.9. The number of hydrogen-bond acceptors (Lipinski definition) is 5. The Morgan fingerprint density at radius 1 is 0.418 bits per heavy atom. The number of nitrogens with one attached hydrogen (secondary N) is 1. The van der Waals surface area contributed by atoms with E-state index in [4.69, 9.17) is 4.74 Å². The third kappa shape index (κ3) is 50.8. The molecule has 67 heavy (non-hydrogen) atoms. The average Bonchev–Trinajstić information content (AvgIpc) is 3.32. The Hall–Kier alpha value is -1.40. The van der Waals surface area contributed by atoms with Gasteiger partial charge in [-0.1, -0.05) is 290 Å². The molecule has 0 aromatic heterocycles. The number of allylic oxidation sites excluding steroid dienone is 2. The van der Waals surface area contributed by atoms with Gasteiger partial charge in [0, 0.05) is 6.42 Å². The minimum absolute atomic E-state index is 0.0798. The molecule has 0 fully saturated rings. The van der Waals surface area contributed by atoms with E-state index in [9.17, 15) is 19.8 Å². The predicted octanol–water partition coefficient (Wildman–Crippen LogP) is 18.9. The number of unbranched alkanes of at least 4 members (excludes halogenated alkanes) is 42. The van der Waals surface area contributed by atoms with Gasteiger partial charge in [-0.15, -0.1) is 0 Å². The summed E-state index contributed by atoms with van der Waals surface area (Å²) in [5.74, 6) is -0.456. The van der Waals surface area contributed by atoms with Crippen molar-refractivity contribution in [2.24, 2.45) is 0 Å². The van der Waals surface area contributed by atoms with Gasteiger partial charge in [-0.2, -0.15) is 0 Å². The molecule has 0 aromatic rings. The lowest BCUT2D eigenvalue weighted by molar-refractivity contribution is -0.151. The highest BCUT2D eigenvalue weighted by Gasteiger charge is 2.24. The van der Waals surface area contributed by atoms with Crippen LogP contribution in [0.2, 0.25) is 0 Å². The first-order valence-electron chi connectivity index (χ1n) is 30.4. The Balaban J connectivity index is 4.48. The maximum absolute atomic E-state index is 13.3. The van der Waals surface area contributed by atoms with Crippen LogP contribution in [0.25, 0.3) is 0 Å². The van der Waals surface area contributed by atoms with Gasteiger partial charge in [0.2, 0.25) is 5.91 Å². The Morgan fingerprint density at radius 2 is 0.716 bits per heavy atom. The Kier molecular flexibility index (Phi) is 54.4. The molecule has 0 radical (unpaired) electrons. The van der Waals surface area contributed by atoms with Crippen molar-refractivity contribution < 1.29 is 24.5 Å². The highest BCUT2D eigenvalue weighted by Crippen LogP contribution is 2.19.